The highest BCUT2D eigenvalue weighted by Crippen LogP contribution is 2.32. The van der Waals surface area contributed by atoms with Gasteiger partial charge >= 0.3 is 5.97 Å². The Hall–Kier alpha value is -1.35. The summed E-state index contributed by atoms with van der Waals surface area (Å²) in [5.41, 5.74) is 3.97. The summed E-state index contributed by atoms with van der Waals surface area (Å²) in [7, 11) is 0. The van der Waals surface area contributed by atoms with Gasteiger partial charge in [-0.1, -0.05) is 18.2 Å². The molecule has 0 aromatic heterocycles. The zero-order valence-electron chi connectivity index (χ0n) is 11.1. The number of hydrogen-bond donors (Lipinski definition) is 1. The fourth-order valence-corrected chi connectivity index (χ4v) is 2.68. The first-order chi connectivity index (χ1) is 8.58. The van der Waals surface area contributed by atoms with Crippen LogP contribution in [-0.2, 0) is 4.79 Å². The number of hydrogen-bond acceptors (Lipinski definition) is 2. The predicted octanol–water partition coefficient (Wildman–Crippen LogP) is 2.92. The number of aliphatic carboxylic acids is 1. The molecule has 1 saturated heterocycles. The minimum absolute atomic E-state index is 0.237. The van der Waals surface area contributed by atoms with Gasteiger partial charge in [0.1, 0.15) is 0 Å². The molecule has 1 atom stereocenters. The van der Waals surface area contributed by atoms with E-state index in [9.17, 15) is 4.79 Å². The summed E-state index contributed by atoms with van der Waals surface area (Å²) in [5, 5.41) is 8.78. The van der Waals surface area contributed by atoms with Crippen LogP contribution < -0.4 is 0 Å². The lowest BCUT2D eigenvalue weighted by Crippen LogP contribution is -2.26. The normalized spacial score (nSPS) is 20.2. The number of benzene rings is 1. The third-order valence-electron chi connectivity index (χ3n) is 3.89. The lowest BCUT2D eigenvalue weighted by atomic mass is 9.99. The van der Waals surface area contributed by atoms with Crippen molar-refractivity contribution in [3.8, 4) is 0 Å². The van der Waals surface area contributed by atoms with Gasteiger partial charge < -0.3 is 5.11 Å². The van der Waals surface area contributed by atoms with Crippen LogP contribution in [0.4, 0.5) is 0 Å². The molecule has 3 heteroatoms. The lowest BCUT2D eigenvalue weighted by Gasteiger charge is -2.24. The monoisotopic (exact) mass is 247 g/mol. The van der Waals surface area contributed by atoms with E-state index in [1.807, 2.05) is 0 Å². The Morgan fingerprint density at radius 3 is 2.83 bits per heavy atom. The van der Waals surface area contributed by atoms with Gasteiger partial charge in [0.15, 0.2) is 0 Å². The number of carboxylic acid groups (broad SMARTS) is 1. The van der Waals surface area contributed by atoms with E-state index in [2.05, 4.69) is 36.9 Å². The summed E-state index contributed by atoms with van der Waals surface area (Å²) in [5.74, 6) is -0.708. The molecule has 1 N–H and O–H groups in total. The largest absolute Gasteiger partial charge is 0.481 e. The Bertz CT molecular complexity index is 442. The first-order valence-electron chi connectivity index (χ1n) is 6.61. The van der Waals surface area contributed by atoms with E-state index in [0.29, 0.717) is 12.6 Å². The van der Waals surface area contributed by atoms with Gasteiger partial charge in [-0.25, -0.2) is 0 Å². The van der Waals surface area contributed by atoms with Gasteiger partial charge in [-0.05, 0) is 49.9 Å². The molecule has 0 spiro atoms. The SMILES string of the molecule is Cc1ccc([C@H]2CCCN2CCC(=O)O)cc1C. The van der Waals surface area contributed by atoms with Crippen LogP contribution in [0.2, 0.25) is 0 Å². The molecule has 0 bridgehead atoms. The molecule has 0 aliphatic carbocycles. The molecule has 1 heterocycles. The van der Waals surface area contributed by atoms with Gasteiger partial charge in [0.25, 0.3) is 0 Å². The Morgan fingerprint density at radius 1 is 1.39 bits per heavy atom. The molecule has 3 nitrogen and oxygen atoms in total. The molecule has 1 fully saturated rings. The molecular weight excluding hydrogens is 226 g/mol. The molecule has 2 rings (SSSR count). The molecule has 1 aromatic rings. The van der Waals surface area contributed by atoms with Crippen molar-refractivity contribution >= 4 is 5.97 Å². The second-order valence-electron chi connectivity index (χ2n) is 5.18. The van der Waals surface area contributed by atoms with Gasteiger partial charge in [0.05, 0.1) is 6.42 Å². The zero-order chi connectivity index (χ0) is 13.1. The van der Waals surface area contributed by atoms with Gasteiger partial charge in [-0.2, -0.15) is 0 Å². The van der Waals surface area contributed by atoms with E-state index in [-0.39, 0.29) is 6.42 Å². The van der Waals surface area contributed by atoms with Crippen molar-refractivity contribution in [3.63, 3.8) is 0 Å². The summed E-state index contributed by atoms with van der Waals surface area (Å²) >= 11 is 0. The lowest BCUT2D eigenvalue weighted by molar-refractivity contribution is -0.137. The molecule has 1 aromatic carbocycles. The van der Waals surface area contributed by atoms with E-state index < -0.39 is 5.97 Å². The molecule has 18 heavy (non-hydrogen) atoms. The van der Waals surface area contributed by atoms with Crippen molar-refractivity contribution in [2.45, 2.75) is 39.2 Å². The van der Waals surface area contributed by atoms with Crippen LogP contribution in [0, 0.1) is 13.8 Å². The highest BCUT2D eigenvalue weighted by Gasteiger charge is 2.26. The number of rotatable bonds is 4. The quantitative estimate of drug-likeness (QED) is 0.889. The summed E-state index contributed by atoms with van der Waals surface area (Å²) in [6.07, 6.45) is 2.54. The second kappa shape index (κ2) is 5.53. The van der Waals surface area contributed by atoms with Crippen molar-refractivity contribution in [2.75, 3.05) is 13.1 Å². The van der Waals surface area contributed by atoms with E-state index in [0.717, 1.165) is 19.4 Å². The Balaban J connectivity index is 2.10. The van der Waals surface area contributed by atoms with Crippen LogP contribution in [0.5, 0.6) is 0 Å². The number of aryl methyl sites for hydroxylation is 2. The fraction of sp³-hybridized carbons (Fsp3) is 0.533. The summed E-state index contributed by atoms with van der Waals surface area (Å²) in [4.78, 5) is 13.0. The van der Waals surface area contributed by atoms with Gasteiger partial charge in [-0.3, -0.25) is 9.69 Å². The Labute approximate surface area is 108 Å². The minimum atomic E-state index is -0.708. The third-order valence-corrected chi connectivity index (χ3v) is 3.89. The molecule has 98 valence electrons. The summed E-state index contributed by atoms with van der Waals surface area (Å²) < 4.78 is 0. The smallest absolute Gasteiger partial charge is 0.304 e. The van der Waals surface area contributed by atoms with Crippen LogP contribution in [-0.4, -0.2) is 29.1 Å². The van der Waals surface area contributed by atoms with Crippen molar-refractivity contribution in [1.29, 1.82) is 0 Å². The van der Waals surface area contributed by atoms with Crippen LogP contribution in [0.3, 0.4) is 0 Å². The van der Waals surface area contributed by atoms with Crippen molar-refractivity contribution < 1.29 is 9.90 Å². The maximum absolute atomic E-state index is 10.7. The van der Waals surface area contributed by atoms with E-state index >= 15 is 0 Å². The van der Waals surface area contributed by atoms with Crippen LogP contribution in [0.15, 0.2) is 18.2 Å². The zero-order valence-corrected chi connectivity index (χ0v) is 11.1. The maximum Gasteiger partial charge on any atom is 0.304 e. The second-order valence-corrected chi connectivity index (χ2v) is 5.18. The average Bonchev–Trinajstić information content (AvgIpc) is 2.78. The summed E-state index contributed by atoms with van der Waals surface area (Å²) in [6, 6.07) is 7.01. The molecular formula is C15H21NO2. The molecule has 0 amide bonds. The first-order valence-corrected chi connectivity index (χ1v) is 6.61. The van der Waals surface area contributed by atoms with Gasteiger partial charge in [0.2, 0.25) is 0 Å². The van der Waals surface area contributed by atoms with E-state index in [1.165, 1.54) is 16.7 Å². The number of nitrogens with zero attached hydrogens (tertiary/aromatic N) is 1. The Morgan fingerprint density at radius 2 is 2.17 bits per heavy atom. The standard InChI is InChI=1S/C15H21NO2/c1-11-5-6-13(10-12(11)2)14-4-3-8-16(14)9-7-15(17)18/h5-6,10,14H,3-4,7-9H2,1-2H3,(H,17,18)/t14-/m1/s1. The van der Waals surface area contributed by atoms with Crippen molar-refractivity contribution in [2.24, 2.45) is 0 Å². The minimum Gasteiger partial charge on any atom is -0.481 e. The van der Waals surface area contributed by atoms with E-state index in [1.54, 1.807) is 0 Å². The topological polar surface area (TPSA) is 40.5 Å². The van der Waals surface area contributed by atoms with E-state index in [4.69, 9.17) is 5.11 Å². The highest BCUT2D eigenvalue weighted by molar-refractivity contribution is 5.66. The predicted molar refractivity (Wildman–Crippen MR) is 71.7 cm³/mol. The molecule has 1 aliphatic heterocycles. The van der Waals surface area contributed by atoms with Crippen LogP contribution in [0.25, 0.3) is 0 Å². The maximum atomic E-state index is 10.7. The summed E-state index contributed by atoms with van der Waals surface area (Å²) in [6.45, 7) is 5.93. The first kappa shape index (κ1) is 13.1. The molecule has 0 radical (unpaired) electrons. The Kier molecular flexibility index (Phi) is 4.02. The molecule has 0 unspecified atom stereocenters. The van der Waals surface area contributed by atoms with Crippen LogP contribution >= 0.6 is 0 Å². The average molecular weight is 247 g/mol. The van der Waals surface area contributed by atoms with Gasteiger partial charge in [-0.15, -0.1) is 0 Å². The van der Waals surface area contributed by atoms with Gasteiger partial charge in [0, 0.05) is 12.6 Å². The third kappa shape index (κ3) is 2.91. The van der Waals surface area contributed by atoms with Crippen molar-refractivity contribution in [1.82, 2.24) is 4.90 Å². The fourth-order valence-electron chi connectivity index (χ4n) is 2.68. The number of carbonyl (C=O) groups is 1. The van der Waals surface area contributed by atoms with Crippen molar-refractivity contribution in [3.05, 3.63) is 34.9 Å². The molecule has 0 saturated carbocycles. The highest BCUT2D eigenvalue weighted by atomic mass is 16.4. The molecule has 1 aliphatic rings. The van der Waals surface area contributed by atoms with Crippen LogP contribution in [0.1, 0.15) is 42.0 Å². The number of carboxylic acids is 1. The number of likely N-dealkylation sites (tertiary alicyclic amines) is 1.